The molecular formula is C29H28N6O5. The zero-order valence-electron chi connectivity index (χ0n) is 21.6. The van der Waals surface area contributed by atoms with Gasteiger partial charge in [-0.2, -0.15) is 0 Å². The van der Waals surface area contributed by atoms with Gasteiger partial charge in [0.2, 0.25) is 11.8 Å². The summed E-state index contributed by atoms with van der Waals surface area (Å²) in [6.45, 7) is 1.90. The number of benzene rings is 3. The number of H-pyrrole nitrogens is 1. The van der Waals surface area contributed by atoms with Gasteiger partial charge < -0.3 is 31.4 Å². The molecule has 204 valence electrons. The van der Waals surface area contributed by atoms with Crippen LogP contribution in [-0.2, 0) is 22.4 Å². The number of aryl methyl sites for hydroxylation is 1. The van der Waals surface area contributed by atoms with Crippen LogP contribution in [0.15, 0.2) is 85.3 Å². The zero-order valence-corrected chi connectivity index (χ0v) is 21.6. The molecule has 0 saturated heterocycles. The molecule has 4 amide bonds. The Hall–Kier alpha value is -5.45. The molecule has 1 atom stereocenters. The molecular weight excluding hydrogens is 512 g/mol. The molecule has 0 saturated carbocycles. The van der Waals surface area contributed by atoms with Crippen LogP contribution in [-0.4, -0.2) is 44.9 Å². The van der Waals surface area contributed by atoms with Crippen molar-refractivity contribution in [3.05, 3.63) is 108 Å². The Morgan fingerprint density at radius 1 is 0.875 bits per heavy atom. The smallest absolute Gasteiger partial charge is 0.335 e. The number of urea groups is 1. The van der Waals surface area contributed by atoms with Gasteiger partial charge in [-0.25, -0.2) is 14.6 Å². The van der Waals surface area contributed by atoms with Gasteiger partial charge >= 0.3 is 12.0 Å². The lowest BCUT2D eigenvalue weighted by molar-refractivity contribution is -0.126. The average molecular weight is 541 g/mol. The van der Waals surface area contributed by atoms with Crippen LogP contribution in [0, 0.1) is 6.92 Å². The Morgan fingerprint density at radius 3 is 2.20 bits per heavy atom. The number of carboxylic acids is 1. The van der Waals surface area contributed by atoms with E-state index < -0.39 is 17.9 Å². The maximum absolute atomic E-state index is 13.0. The molecule has 0 bridgehead atoms. The molecule has 6 N–H and O–H groups in total. The molecule has 4 rings (SSSR count). The highest BCUT2D eigenvalue weighted by Gasteiger charge is 2.22. The van der Waals surface area contributed by atoms with Crippen molar-refractivity contribution in [2.45, 2.75) is 25.8 Å². The third-order valence-electron chi connectivity index (χ3n) is 6.00. The third-order valence-corrected chi connectivity index (χ3v) is 6.00. The first-order valence-corrected chi connectivity index (χ1v) is 12.4. The Balaban J connectivity index is 1.35. The number of aromatic amines is 1. The van der Waals surface area contributed by atoms with Crippen LogP contribution in [0.25, 0.3) is 0 Å². The fourth-order valence-corrected chi connectivity index (χ4v) is 3.89. The summed E-state index contributed by atoms with van der Waals surface area (Å²) in [6, 6.07) is 18.7. The summed E-state index contributed by atoms with van der Waals surface area (Å²) in [6.07, 6.45) is 3.22. The average Bonchev–Trinajstić information content (AvgIpc) is 3.44. The number of amides is 4. The van der Waals surface area contributed by atoms with Crippen molar-refractivity contribution in [3.8, 4) is 0 Å². The first-order chi connectivity index (χ1) is 19.3. The van der Waals surface area contributed by atoms with Crippen LogP contribution in [0.3, 0.4) is 0 Å². The van der Waals surface area contributed by atoms with E-state index >= 15 is 0 Å². The maximum atomic E-state index is 13.0. The maximum Gasteiger partial charge on any atom is 0.335 e. The lowest BCUT2D eigenvalue weighted by atomic mass is 10.1. The van der Waals surface area contributed by atoms with Crippen LogP contribution < -0.4 is 21.3 Å². The highest BCUT2D eigenvalue weighted by molar-refractivity contribution is 6.00. The van der Waals surface area contributed by atoms with E-state index in [0.29, 0.717) is 28.3 Å². The summed E-state index contributed by atoms with van der Waals surface area (Å²) in [5.41, 5.74) is 4.03. The molecule has 11 nitrogen and oxygen atoms in total. The standard InChI is InChI=1S/C29H28N6O5/c1-18-4-2-3-5-24(18)35-29(40)33-22-10-6-19(7-11-22)14-26(36)34-25(15-23-16-30-17-31-23)27(37)32-21-12-8-20(9-13-21)28(38)39/h2-13,16-17,25H,14-15H2,1H3,(H,30,31)(H,32,37)(H,34,36)(H,38,39)(H2,33,35,40). The molecule has 0 aliphatic rings. The highest BCUT2D eigenvalue weighted by Crippen LogP contribution is 2.15. The Morgan fingerprint density at radius 2 is 1.55 bits per heavy atom. The SMILES string of the molecule is Cc1ccccc1NC(=O)Nc1ccc(CC(=O)NC(Cc2cnc[nH]2)C(=O)Nc2ccc(C(=O)O)cc2)cc1. The van der Waals surface area contributed by atoms with Gasteiger partial charge in [0, 0.05) is 35.4 Å². The molecule has 1 aromatic heterocycles. The number of rotatable bonds is 10. The number of nitrogens with zero attached hydrogens (tertiary/aromatic N) is 1. The van der Waals surface area contributed by atoms with Crippen LogP contribution in [0.2, 0.25) is 0 Å². The van der Waals surface area contributed by atoms with Crippen LogP contribution in [0.5, 0.6) is 0 Å². The second-order valence-electron chi connectivity index (χ2n) is 9.04. The van der Waals surface area contributed by atoms with Crippen molar-refractivity contribution < 1.29 is 24.3 Å². The van der Waals surface area contributed by atoms with Gasteiger partial charge in [-0.3, -0.25) is 9.59 Å². The lowest BCUT2D eigenvalue weighted by Crippen LogP contribution is -2.45. The van der Waals surface area contributed by atoms with Crippen LogP contribution in [0.4, 0.5) is 21.9 Å². The molecule has 0 fully saturated rings. The van der Waals surface area contributed by atoms with E-state index in [2.05, 4.69) is 31.2 Å². The Labute approximate surface area is 230 Å². The topological polar surface area (TPSA) is 165 Å². The minimum Gasteiger partial charge on any atom is -0.478 e. The summed E-state index contributed by atoms with van der Waals surface area (Å²) < 4.78 is 0. The monoisotopic (exact) mass is 540 g/mol. The predicted octanol–water partition coefficient (Wildman–Crippen LogP) is 3.97. The van der Waals surface area contributed by atoms with Gasteiger partial charge in [-0.15, -0.1) is 0 Å². The van der Waals surface area contributed by atoms with Crippen molar-refractivity contribution in [2.24, 2.45) is 0 Å². The van der Waals surface area contributed by atoms with Crippen molar-refractivity contribution in [1.82, 2.24) is 15.3 Å². The Kier molecular flexibility index (Phi) is 8.88. The van der Waals surface area contributed by atoms with E-state index in [1.165, 1.54) is 30.6 Å². The predicted molar refractivity (Wildman–Crippen MR) is 150 cm³/mol. The van der Waals surface area contributed by atoms with Gasteiger partial charge in [0.05, 0.1) is 18.3 Å². The third kappa shape index (κ3) is 7.78. The number of carbonyl (C=O) groups is 4. The first-order valence-electron chi connectivity index (χ1n) is 12.4. The number of hydrogen-bond acceptors (Lipinski definition) is 5. The van der Waals surface area contributed by atoms with E-state index in [9.17, 15) is 19.2 Å². The second kappa shape index (κ2) is 12.9. The van der Waals surface area contributed by atoms with Crippen LogP contribution in [0.1, 0.15) is 27.2 Å². The first kappa shape index (κ1) is 27.6. The molecule has 3 aromatic carbocycles. The normalized spacial score (nSPS) is 11.2. The molecule has 40 heavy (non-hydrogen) atoms. The van der Waals surface area contributed by atoms with E-state index in [0.717, 1.165) is 5.56 Å². The number of nitrogens with one attached hydrogen (secondary N) is 5. The lowest BCUT2D eigenvalue weighted by Gasteiger charge is -2.18. The number of para-hydroxylation sites is 1. The van der Waals surface area contributed by atoms with Crippen LogP contribution >= 0.6 is 0 Å². The zero-order chi connectivity index (χ0) is 28.5. The molecule has 4 aromatic rings. The van der Waals surface area contributed by atoms with Gasteiger partial charge in [0.25, 0.3) is 0 Å². The van der Waals surface area contributed by atoms with Crippen molar-refractivity contribution >= 4 is 40.9 Å². The summed E-state index contributed by atoms with van der Waals surface area (Å²) >= 11 is 0. The fraction of sp³-hybridized carbons (Fsp3) is 0.138. The molecule has 0 aliphatic heterocycles. The fourth-order valence-electron chi connectivity index (χ4n) is 3.89. The second-order valence-corrected chi connectivity index (χ2v) is 9.04. The van der Waals surface area contributed by atoms with E-state index in [1.807, 2.05) is 31.2 Å². The summed E-state index contributed by atoms with van der Waals surface area (Å²) in [4.78, 5) is 56.2. The van der Waals surface area contributed by atoms with Crippen molar-refractivity contribution in [1.29, 1.82) is 0 Å². The summed E-state index contributed by atoms with van der Waals surface area (Å²) in [5, 5.41) is 20.1. The molecule has 0 radical (unpaired) electrons. The van der Waals surface area contributed by atoms with Crippen molar-refractivity contribution in [3.63, 3.8) is 0 Å². The van der Waals surface area contributed by atoms with Crippen molar-refractivity contribution in [2.75, 3.05) is 16.0 Å². The largest absolute Gasteiger partial charge is 0.478 e. The van der Waals surface area contributed by atoms with E-state index in [-0.39, 0.29) is 30.3 Å². The van der Waals surface area contributed by atoms with Gasteiger partial charge in [0.15, 0.2) is 0 Å². The van der Waals surface area contributed by atoms with E-state index in [4.69, 9.17) is 5.11 Å². The molecule has 0 spiro atoms. The number of carbonyl (C=O) groups excluding carboxylic acids is 3. The van der Waals surface area contributed by atoms with Gasteiger partial charge in [-0.1, -0.05) is 30.3 Å². The molecule has 11 heteroatoms. The number of imidazole rings is 1. The van der Waals surface area contributed by atoms with Gasteiger partial charge in [0.1, 0.15) is 6.04 Å². The molecule has 1 unspecified atom stereocenters. The summed E-state index contributed by atoms with van der Waals surface area (Å²) in [7, 11) is 0. The molecule has 1 heterocycles. The number of aromatic nitrogens is 2. The highest BCUT2D eigenvalue weighted by atomic mass is 16.4. The summed E-state index contributed by atoms with van der Waals surface area (Å²) in [5.74, 6) is -1.92. The Bertz CT molecular complexity index is 1480. The number of aromatic carboxylic acids is 1. The minimum atomic E-state index is -1.07. The quantitative estimate of drug-likeness (QED) is 0.178. The minimum absolute atomic E-state index is 0.00967. The molecule has 0 aliphatic carbocycles. The van der Waals surface area contributed by atoms with E-state index in [1.54, 1.807) is 30.5 Å². The van der Waals surface area contributed by atoms with Gasteiger partial charge in [-0.05, 0) is 60.5 Å². The number of hydrogen-bond donors (Lipinski definition) is 6. The number of carboxylic acid groups (broad SMARTS) is 1. The number of anilines is 3.